The Morgan fingerprint density at radius 2 is 1.46 bits per heavy atom. The minimum absolute atomic E-state index is 0.311. The molecule has 48 heavy (non-hydrogen) atoms. The predicted molar refractivity (Wildman–Crippen MR) is 181 cm³/mol. The van der Waals surface area contributed by atoms with Crippen molar-refractivity contribution < 1.29 is 32.9 Å². The summed E-state index contributed by atoms with van der Waals surface area (Å²) in [5, 5.41) is 0.927. The number of esters is 1. The highest BCUT2D eigenvalue weighted by atomic mass is 16.6. The maximum atomic E-state index is 12.9. The highest BCUT2D eigenvalue weighted by Crippen LogP contribution is 2.53. The van der Waals surface area contributed by atoms with Gasteiger partial charge in [-0.25, -0.2) is 9.59 Å². The molecule has 2 aliphatic heterocycles. The second-order valence-electron chi connectivity index (χ2n) is 11.5. The Balaban J connectivity index is 0.000000200. The summed E-state index contributed by atoms with van der Waals surface area (Å²) in [5.74, 6) is 2.36. The molecule has 0 saturated carbocycles. The number of carbonyl (C=O) groups excluding carboxylic acids is 1. The predicted octanol–water partition coefficient (Wildman–Crippen LogP) is 5.61. The molecule has 10 heteroatoms. The van der Waals surface area contributed by atoms with Gasteiger partial charge in [0, 0.05) is 45.8 Å². The molecule has 5 aromatic rings. The highest BCUT2D eigenvalue weighted by molar-refractivity contribution is 5.96. The van der Waals surface area contributed by atoms with Gasteiger partial charge in [0.05, 0.1) is 25.9 Å². The summed E-state index contributed by atoms with van der Waals surface area (Å²) in [7, 11) is 1.61. The first kappa shape index (κ1) is 32.6. The molecule has 0 amide bonds. The van der Waals surface area contributed by atoms with E-state index in [0.29, 0.717) is 61.3 Å². The van der Waals surface area contributed by atoms with Crippen LogP contribution in [0.5, 0.6) is 23.0 Å². The van der Waals surface area contributed by atoms with Gasteiger partial charge in [-0.05, 0) is 80.9 Å². The van der Waals surface area contributed by atoms with Crippen molar-refractivity contribution in [2.75, 3.05) is 33.4 Å². The molecular formula is C38H38N2O8. The first-order chi connectivity index (χ1) is 23.4. The van der Waals surface area contributed by atoms with Crippen LogP contribution in [0.2, 0.25) is 0 Å². The lowest BCUT2D eigenvalue weighted by Crippen LogP contribution is -2.30. The number of hydrogen-bond acceptors (Lipinski definition) is 10. The normalized spacial score (nSPS) is 15.6. The van der Waals surface area contributed by atoms with Crippen molar-refractivity contribution in [3.63, 3.8) is 0 Å². The van der Waals surface area contributed by atoms with E-state index in [1.54, 1.807) is 19.2 Å². The van der Waals surface area contributed by atoms with E-state index in [2.05, 4.69) is 0 Å². The van der Waals surface area contributed by atoms with Crippen LogP contribution in [-0.4, -0.2) is 39.4 Å². The topological polar surface area (TPSA) is 145 Å². The van der Waals surface area contributed by atoms with Gasteiger partial charge >= 0.3 is 11.6 Å². The molecule has 1 atom stereocenters. The van der Waals surface area contributed by atoms with Crippen LogP contribution in [0.3, 0.4) is 0 Å². The molecule has 0 fully saturated rings. The van der Waals surface area contributed by atoms with Gasteiger partial charge in [0.25, 0.3) is 0 Å². The van der Waals surface area contributed by atoms with Crippen LogP contribution in [0.4, 0.5) is 0 Å². The number of rotatable bonds is 9. The lowest BCUT2D eigenvalue weighted by atomic mass is 9.78. The summed E-state index contributed by atoms with van der Waals surface area (Å²) in [6.07, 6.45) is 1.57. The van der Waals surface area contributed by atoms with E-state index < -0.39 is 5.60 Å². The van der Waals surface area contributed by atoms with Gasteiger partial charge in [-0.3, -0.25) is 0 Å². The molecule has 1 aromatic heterocycles. The average molecular weight is 651 g/mol. The summed E-state index contributed by atoms with van der Waals surface area (Å²) in [6, 6.07) is 25.9. The third-order valence-corrected chi connectivity index (χ3v) is 8.34. The van der Waals surface area contributed by atoms with Gasteiger partial charge in [-0.1, -0.05) is 24.3 Å². The number of ether oxygens (including phenoxy) is 5. The van der Waals surface area contributed by atoms with Crippen molar-refractivity contribution in [2.24, 2.45) is 11.5 Å². The van der Waals surface area contributed by atoms with Gasteiger partial charge in [0.2, 0.25) is 0 Å². The molecule has 1 unspecified atom stereocenters. The maximum Gasteiger partial charge on any atom is 0.340 e. The quantitative estimate of drug-likeness (QED) is 0.117. The van der Waals surface area contributed by atoms with E-state index in [9.17, 15) is 9.59 Å². The Hall–Kier alpha value is -5.32. The number of hydrogen-bond donors (Lipinski definition) is 2. The molecule has 3 heterocycles. The molecule has 7 rings (SSSR count). The van der Waals surface area contributed by atoms with Crippen molar-refractivity contribution in [3.8, 4) is 23.0 Å². The SMILES string of the molecule is COc1ccc2c(c1)OCc1cc(OCCCN)ccc1C21OC(=O)c2ccccc21.Cc1cc(=O)oc2cc(OCCCN)ccc12. The van der Waals surface area contributed by atoms with Crippen molar-refractivity contribution in [1.29, 1.82) is 0 Å². The van der Waals surface area contributed by atoms with Crippen LogP contribution in [-0.2, 0) is 16.9 Å². The van der Waals surface area contributed by atoms with Gasteiger partial charge in [0.1, 0.15) is 35.2 Å². The van der Waals surface area contributed by atoms with Crippen molar-refractivity contribution in [2.45, 2.75) is 32.0 Å². The zero-order valence-corrected chi connectivity index (χ0v) is 27.0. The molecule has 10 nitrogen and oxygen atoms in total. The first-order valence-electron chi connectivity index (χ1n) is 15.9. The maximum absolute atomic E-state index is 12.9. The van der Waals surface area contributed by atoms with E-state index >= 15 is 0 Å². The second kappa shape index (κ2) is 14.2. The van der Waals surface area contributed by atoms with Gasteiger partial charge in [-0.15, -0.1) is 0 Å². The number of carbonyl (C=O) groups is 1. The molecule has 0 aliphatic carbocycles. The minimum Gasteiger partial charge on any atom is -0.497 e. The van der Waals surface area contributed by atoms with Crippen LogP contribution in [0, 0.1) is 6.92 Å². The summed E-state index contributed by atoms with van der Waals surface area (Å²) >= 11 is 0. The van der Waals surface area contributed by atoms with E-state index in [1.165, 1.54) is 6.07 Å². The van der Waals surface area contributed by atoms with Gasteiger partial charge < -0.3 is 39.6 Å². The molecular weight excluding hydrogens is 612 g/mol. The van der Waals surface area contributed by atoms with Crippen molar-refractivity contribution in [3.05, 3.63) is 129 Å². The number of nitrogens with two attached hydrogens (primary N) is 2. The van der Waals surface area contributed by atoms with Crippen LogP contribution >= 0.6 is 0 Å². The molecule has 2 aliphatic rings. The summed E-state index contributed by atoms with van der Waals surface area (Å²) < 4.78 is 34.2. The van der Waals surface area contributed by atoms with E-state index in [4.69, 9.17) is 39.6 Å². The standard InChI is InChI=1S/C25H23NO5.C13H15NO3/c1-28-17-7-10-22-23(14-17)30-15-16-13-18(29-12-4-11-26)8-9-20(16)25(22)21-6-3-2-5-19(21)24(27)31-25;1-9-7-13(15)17-12-8-10(3-4-11(9)12)16-6-2-5-14/h2-3,5-10,13-14H,4,11-12,15,26H2,1H3;3-4,7-8H,2,5-6,14H2,1H3. The zero-order chi connectivity index (χ0) is 33.7. The molecule has 1 spiro atoms. The van der Waals surface area contributed by atoms with Crippen molar-refractivity contribution >= 4 is 16.9 Å². The molecule has 0 saturated heterocycles. The lowest BCUT2D eigenvalue weighted by Gasteiger charge is -2.31. The Morgan fingerprint density at radius 3 is 2.21 bits per heavy atom. The smallest absolute Gasteiger partial charge is 0.340 e. The second-order valence-corrected chi connectivity index (χ2v) is 11.5. The average Bonchev–Trinajstić information content (AvgIpc) is 3.32. The molecule has 0 radical (unpaired) electrons. The Labute approximate surface area is 278 Å². The molecule has 4 aromatic carbocycles. The fourth-order valence-corrected chi connectivity index (χ4v) is 6.02. The molecule has 4 N–H and O–H groups in total. The van der Waals surface area contributed by atoms with Crippen LogP contribution in [0.15, 0.2) is 94.1 Å². The summed E-state index contributed by atoms with van der Waals surface area (Å²) in [4.78, 5) is 24.2. The van der Waals surface area contributed by atoms with Crippen LogP contribution in [0.25, 0.3) is 11.0 Å². The minimum atomic E-state index is -1.10. The van der Waals surface area contributed by atoms with Gasteiger partial charge in [-0.2, -0.15) is 0 Å². The van der Waals surface area contributed by atoms with Gasteiger partial charge in [0.15, 0.2) is 5.60 Å². The highest BCUT2D eigenvalue weighted by Gasteiger charge is 2.52. The zero-order valence-electron chi connectivity index (χ0n) is 27.0. The lowest BCUT2D eigenvalue weighted by molar-refractivity contribution is 0.0250. The number of methoxy groups -OCH3 is 1. The monoisotopic (exact) mass is 650 g/mol. The number of fused-ring (bicyclic) bond motifs is 7. The number of benzene rings is 4. The van der Waals surface area contributed by atoms with E-state index in [0.717, 1.165) is 51.8 Å². The van der Waals surface area contributed by atoms with E-state index in [1.807, 2.05) is 73.7 Å². The van der Waals surface area contributed by atoms with Crippen molar-refractivity contribution in [1.82, 2.24) is 0 Å². The van der Waals surface area contributed by atoms with Crippen LogP contribution < -0.4 is 36.0 Å². The Morgan fingerprint density at radius 1 is 0.771 bits per heavy atom. The van der Waals surface area contributed by atoms with E-state index in [-0.39, 0.29) is 11.6 Å². The third kappa shape index (κ3) is 6.32. The van der Waals surface area contributed by atoms with Crippen LogP contribution in [0.1, 0.15) is 51.0 Å². The molecule has 0 bridgehead atoms. The Bertz CT molecular complexity index is 2010. The largest absolute Gasteiger partial charge is 0.497 e. The Kier molecular flexibility index (Phi) is 9.65. The third-order valence-electron chi connectivity index (χ3n) is 8.34. The first-order valence-corrected chi connectivity index (χ1v) is 15.9. The molecule has 248 valence electrons. The summed E-state index contributed by atoms with van der Waals surface area (Å²) in [5.41, 5.74) is 14.9. The fourth-order valence-electron chi connectivity index (χ4n) is 6.02. The number of aryl methyl sites for hydroxylation is 1. The fraction of sp³-hybridized carbons (Fsp3) is 0.263. The summed E-state index contributed by atoms with van der Waals surface area (Å²) in [6.45, 7) is 4.47.